The van der Waals surface area contributed by atoms with Crippen LogP contribution in [0.1, 0.15) is 10.4 Å². The van der Waals surface area contributed by atoms with Crippen LogP contribution in [0, 0.1) is 10.1 Å². The van der Waals surface area contributed by atoms with Gasteiger partial charge in [-0.15, -0.1) is 5.10 Å². The van der Waals surface area contributed by atoms with E-state index < -0.39 is 4.92 Å². The molecule has 2 aliphatic heterocycles. The first-order chi connectivity index (χ1) is 16.5. The number of anilines is 1. The second kappa shape index (κ2) is 9.06. The van der Waals surface area contributed by atoms with Crippen LogP contribution in [-0.2, 0) is 4.74 Å². The molecule has 34 heavy (non-hydrogen) atoms. The van der Waals surface area contributed by atoms with Gasteiger partial charge in [0.15, 0.2) is 0 Å². The lowest BCUT2D eigenvalue weighted by Crippen LogP contribution is -2.50. The smallest absolute Gasteiger partial charge is 0.346 e. The Morgan fingerprint density at radius 2 is 1.68 bits per heavy atom. The number of hydrogen-bond donors (Lipinski definition) is 0. The molecule has 0 atom stereocenters. The quantitative estimate of drug-likeness (QED) is 0.422. The summed E-state index contributed by atoms with van der Waals surface area (Å²) in [5.41, 5.74) is 1.86. The van der Waals surface area contributed by atoms with Crippen molar-refractivity contribution in [1.82, 2.24) is 24.8 Å². The number of ether oxygens (including phenoxy) is 1. The number of nitro groups is 1. The third kappa shape index (κ3) is 4.03. The predicted molar refractivity (Wildman–Crippen MR) is 122 cm³/mol. The number of fused-ring (bicyclic) bond motifs is 1. The average molecular weight is 465 g/mol. The summed E-state index contributed by atoms with van der Waals surface area (Å²) in [6.07, 6.45) is 0. The molecule has 0 saturated carbocycles. The van der Waals surface area contributed by atoms with Crippen LogP contribution in [0.15, 0.2) is 42.5 Å². The molecule has 0 aliphatic carbocycles. The number of nitro benzene ring substituents is 1. The predicted octanol–water partition coefficient (Wildman–Crippen LogP) is 1.60. The van der Waals surface area contributed by atoms with Gasteiger partial charge in [-0.25, -0.2) is 4.79 Å². The Morgan fingerprint density at radius 3 is 2.41 bits per heavy atom. The minimum absolute atomic E-state index is 0.0667. The van der Waals surface area contributed by atoms with E-state index in [1.54, 1.807) is 34.1 Å². The molecule has 2 aliphatic rings. The summed E-state index contributed by atoms with van der Waals surface area (Å²) in [5, 5.41) is 19.6. The van der Waals surface area contributed by atoms with Gasteiger partial charge in [-0.3, -0.25) is 14.9 Å². The third-order valence-corrected chi connectivity index (χ3v) is 6.15. The van der Waals surface area contributed by atoms with Gasteiger partial charge in [0.25, 0.3) is 11.6 Å². The Labute approximate surface area is 194 Å². The number of benzene rings is 2. The topological polar surface area (TPSA) is 127 Å². The number of morpholine rings is 1. The highest BCUT2D eigenvalue weighted by Crippen LogP contribution is 2.27. The molecule has 0 bridgehead atoms. The first-order valence-corrected chi connectivity index (χ1v) is 11.0. The summed E-state index contributed by atoms with van der Waals surface area (Å²) in [7, 11) is 0. The number of amides is 2. The van der Waals surface area contributed by atoms with Crippen LogP contribution < -0.4 is 4.90 Å². The molecule has 0 N–H and O–H groups in total. The Hall–Kier alpha value is -4.06. The van der Waals surface area contributed by atoms with Crippen molar-refractivity contribution in [3.63, 3.8) is 0 Å². The van der Waals surface area contributed by atoms with Crippen LogP contribution in [0.3, 0.4) is 0 Å². The molecule has 2 aromatic carbocycles. The Kier molecular flexibility index (Phi) is 5.80. The molecular formula is C22H23N7O5. The summed E-state index contributed by atoms with van der Waals surface area (Å²) in [4.78, 5) is 42.3. The van der Waals surface area contributed by atoms with Gasteiger partial charge < -0.3 is 19.4 Å². The summed E-state index contributed by atoms with van der Waals surface area (Å²) < 4.78 is 6.59. The molecule has 12 nitrogen and oxygen atoms in total. The van der Waals surface area contributed by atoms with Crippen molar-refractivity contribution in [2.75, 3.05) is 57.4 Å². The molecule has 2 saturated heterocycles. The average Bonchev–Trinajstić information content (AvgIpc) is 3.32. The monoisotopic (exact) mass is 465 g/mol. The van der Waals surface area contributed by atoms with Crippen molar-refractivity contribution in [2.24, 2.45) is 0 Å². The lowest BCUT2D eigenvalue weighted by molar-refractivity contribution is -0.385. The normalized spacial score (nSPS) is 16.6. The summed E-state index contributed by atoms with van der Waals surface area (Å²) >= 11 is 0. The third-order valence-electron chi connectivity index (χ3n) is 6.15. The van der Waals surface area contributed by atoms with Crippen LogP contribution >= 0.6 is 0 Å². The van der Waals surface area contributed by atoms with E-state index in [2.05, 4.69) is 10.3 Å². The standard InChI is InChI=1S/C22H23N7O5/c30-21(26-11-13-34-14-12-26)17-15-16(5-6-19(17)29(32)33)25-7-9-27(10-8-25)22(31)28-20-4-2-1-3-18(20)23-24-28/h1-6,15H,7-14H2. The van der Waals surface area contributed by atoms with Crippen molar-refractivity contribution >= 4 is 34.3 Å². The maximum Gasteiger partial charge on any atom is 0.346 e. The lowest BCUT2D eigenvalue weighted by atomic mass is 10.1. The zero-order valence-electron chi connectivity index (χ0n) is 18.4. The fourth-order valence-electron chi connectivity index (χ4n) is 4.29. The highest BCUT2D eigenvalue weighted by Gasteiger charge is 2.29. The van der Waals surface area contributed by atoms with Crippen LogP contribution in [0.2, 0.25) is 0 Å². The minimum atomic E-state index is -0.531. The molecule has 5 rings (SSSR count). The molecule has 3 aromatic rings. The van der Waals surface area contributed by atoms with Gasteiger partial charge in [-0.05, 0) is 24.3 Å². The summed E-state index contributed by atoms with van der Waals surface area (Å²) in [6.45, 7) is 3.54. The highest BCUT2D eigenvalue weighted by atomic mass is 16.6. The van der Waals surface area contributed by atoms with E-state index in [1.807, 2.05) is 17.0 Å². The van der Waals surface area contributed by atoms with Crippen molar-refractivity contribution in [2.45, 2.75) is 0 Å². The summed E-state index contributed by atoms with van der Waals surface area (Å²) in [6, 6.07) is 11.6. The molecule has 1 aromatic heterocycles. The number of hydrogen-bond acceptors (Lipinski definition) is 8. The number of carbonyl (C=O) groups is 2. The van der Waals surface area contributed by atoms with Crippen molar-refractivity contribution in [1.29, 1.82) is 0 Å². The van der Waals surface area contributed by atoms with Crippen molar-refractivity contribution in [3.8, 4) is 0 Å². The van der Waals surface area contributed by atoms with E-state index in [0.29, 0.717) is 69.2 Å². The van der Waals surface area contributed by atoms with Gasteiger partial charge in [0.1, 0.15) is 11.1 Å². The lowest BCUT2D eigenvalue weighted by Gasteiger charge is -2.36. The SMILES string of the molecule is O=C(c1cc(N2CCN(C(=O)n3nnc4ccccc43)CC2)ccc1[N+](=O)[O-])N1CCOCC1. The van der Waals surface area contributed by atoms with E-state index in [-0.39, 0.29) is 23.2 Å². The van der Waals surface area contributed by atoms with E-state index in [9.17, 15) is 19.7 Å². The van der Waals surface area contributed by atoms with Gasteiger partial charge >= 0.3 is 6.03 Å². The number of para-hydroxylation sites is 1. The van der Waals surface area contributed by atoms with Gasteiger partial charge in [0.2, 0.25) is 0 Å². The molecule has 2 amide bonds. The zero-order chi connectivity index (χ0) is 23.7. The molecule has 0 spiro atoms. The second-order valence-electron chi connectivity index (χ2n) is 8.11. The Morgan fingerprint density at radius 1 is 0.941 bits per heavy atom. The van der Waals surface area contributed by atoms with Gasteiger partial charge in [0, 0.05) is 51.0 Å². The van der Waals surface area contributed by atoms with Crippen LogP contribution in [0.4, 0.5) is 16.2 Å². The molecule has 2 fully saturated rings. The number of nitrogens with zero attached hydrogens (tertiary/aromatic N) is 7. The Balaban J connectivity index is 1.32. The molecule has 12 heteroatoms. The summed E-state index contributed by atoms with van der Waals surface area (Å²) in [5.74, 6) is -0.372. The number of aromatic nitrogens is 3. The van der Waals surface area contributed by atoms with Crippen LogP contribution in [-0.4, -0.2) is 94.1 Å². The number of carbonyl (C=O) groups excluding carboxylic acids is 2. The molecular weight excluding hydrogens is 442 g/mol. The van der Waals surface area contributed by atoms with E-state index in [4.69, 9.17) is 4.74 Å². The fraction of sp³-hybridized carbons (Fsp3) is 0.364. The molecule has 0 unspecified atom stereocenters. The van der Waals surface area contributed by atoms with Crippen molar-refractivity contribution < 1.29 is 19.2 Å². The largest absolute Gasteiger partial charge is 0.378 e. The first-order valence-electron chi connectivity index (χ1n) is 11.0. The van der Waals surface area contributed by atoms with Crippen molar-refractivity contribution in [3.05, 3.63) is 58.1 Å². The first kappa shape index (κ1) is 21.8. The van der Waals surface area contributed by atoms with E-state index in [1.165, 1.54) is 10.7 Å². The zero-order valence-corrected chi connectivity index (χ0v) is 18.4. The fourth-order valence-corrected chi connectivity index (χ4v) is 4.29. The van der Waals surface area contributed by atoms with Gasteiger partial charge in [0.05, 0.1) is 23.7 Å². The highest BCUT2D eigenvalue weighted by molar-refractivity contribution is 5.99. The number of piperazine rings is 1. The van der Waals surface area contributed by atoms with Crippen LogP contribution in [0.25, 0.3) is 11.0 Å². The van der Waals surface area contributed by atoms with Gasteiger partial charge in [-0.1, -0.05) is 17.3 Å². The maximum absolute atomic E-state index is 13.0. The maximum atomic E-state index is 13.0. The van der Waals surface area contributed by atoms with E-state index in [0.717, 1.165) is 0 Å². The van der Waals surface area contributed by atoms with Gasteiger partial charge in [-0.2, -0.15) is 4.68 Å². The number of rotatable bonds is 3. The molecule has 0 radical (unpaired) electrons. The van der Waals surface area contributed by atoms with E-state index >= 15 is 0 Å². The van der Waals surface area contributed by atoms with Crippen LogP contribution in [0.5, 0.6) is 0 Å². The second-order valence-corrected chi connectivity index (χ2v) is 8.11. The minimum Gasteiger partial charge on any atom is -0.378 e. The molecule has 3 heterocycles. The Bertz CT molecular complexity index is 1250. The molecule has 176 valence electrons.